The van der Waals surface area contributed by atoms with Crippen molar-refractivity contribution in [2.24, 2.45) is 0 Å². The number of carbonyl (C=O) groups excluding carboxylic acids is 2. The van der Waals surface area contributed by atoms with E-state index in [-0.39, 0.29) is 17.6 Å². The highest BCUT2D eigenvalue weighted by Gasteiger charge is 2.09. The van der Waals surface area contributed by atoms with Crippen LogP contribution >= 0.6 is 0 Å². The molecule has 0 bridgehead atoms. The summed E-state index contributed by atoms with van der Waals surface area (Å²) in [7, 11) is 1.59. The van der Waals surface area contributed by atoms with Crippen LogP contribution in [-0.4, -0.2) is 30.5 Å². The molecular formula is C16H17N3O4. The molecule has 0 saturated carbocycles. The molecule has 0 radical (unpaired) electrons. The molecule has 120 valence electrons. The summed E-state index contributed by atoms with van der Waals surface area (Å²) >= 11 is 0. The zero-order chi connectivity index (χ0) is 16.7. The summed E-state index contributed by atoms with van der Waals surface area (Å²) in [4.78, 5) is 27.2. The molecule has 2 rings (SSSR count). The Labute approximate surface area is 133 Å². The van der Waals surface area contributed by atoms with E-state index in [1.807, 2.05) is 0 Å². The number of rotatable bonds is 6. The van der Waals surface area contributed by atoms with Gasteiger partial charge in [-0.15, -0.1) is 0 Å². The van der Waals surface area contributed by atoms with Crippen molar-refractivity contribution in [1.82, 2.24) is 15.8 Å². The number of carbonyl (C=O) groups is 2. The molecule has 0 fully saturated rings. The molecule has 0 aliphatic heterocycles. The highest BCUT2D eigenvalue weighted by Crippen LogP contribution is 2.22. The maximum Gasteiger partial charge on any atom is 0.338 e. The van der Waals surface area contributed by atoms with E-state index < -0.39 is 0 Å². The van der Waals surface area contributed by atoms with Gasteiger partial charge in [0.15, 0.2) is 0 Å². The van der Waals surface area contributed by atoms with Crippen LogP contribution in [0.4, 0.5) is 0 Å². The molecule has 23 heavy (non-hydrogen) atoms. The predicted octanol–water partition coefficient (Wildman–Crippen LogP) is 1.91. The average Bonchev–Trinajstić information content (AvgIpc) is 2.56. The normalized spacial score (nSPS) is 10.0. The van der Waals surface area contributed by atoms with E-state index in [2.05, 4.69) is 15.8 Å². The van der Waals surface area contributed by atoms with Crippen LogP contribution in [0.1, 0.15) is 27.8 Å². The average molecular weight is 315 g/mol. The third kappa shape index (κ3) is 4.52. The standard InChI is InChI=1S/C16H17N3O4/c1-3-22-16(21)11-4-6-12(7-5-11)23-13-8-9-18-14(10-13)15(20)19-17-2/h4-10,17H,3H2,1-2H3,(H,19,20). The molecule has 1 heterocycles. The van der Waals surface area contributed by atoms with Gasteiger partial charge < -0.3 is 9.47 Å². The van der Waals surface area contributed by atoms with Crippen molar-refractivity contribution in [3.8, 4) is 11.5 Å². The number of nitrogens with one attached hydrogen (secondary N) is 2. The second kappa shape index (κ2) is 7.90. The zero-order valence-corrected chi connectivity index (χ0v) is 12.8. The van der Waals surface area contributed by atoms with Crippen molar-refractivity contribution in [3.63, 3.8) is 0 Å². The summed E-state index contributed by atoms with van der Waals surface area (Å²) < 4.78 is 10.6. The van der Waals surface area contributed by atoms with Crippen LogP contribution in [-0.2, 0) is 4.74 Å². The predicted molar refractivity (Wildman–Crippen MR) is 83.2 cm³/mol. The Hall–Kier alpha value is -2.93. The second-order valence-corrected chi connectivity index (χ2v) is 4.43. The molecule has 0 saturated heterocycles. The molecule has 2 aromatic rings. The Kier molecular flexibility index (Phi) is 5.65. The Balaban J connectivity index is 2.09. The number of hydrogen-bond donors (Lipinski definition) is 2. The Morgan fingerprint density at radius 2 is 1.87 bits per heavy atom. The smallest absolute Gasteiger partial charge is 0.338 e. The lowest BCUT2D eigenvalue weighted by Crippen LogP contribution is -2.34. The lowest BCUT2D eigenvalue weighted by Gasteiger charge is -2.08. The van der Waals surface area contributed by atoms with Crippen LogP contribution in [0.3, 0.4) is 0 Å². The van der Waals surface area contributed by atoms with E-state index in [0.717, 1.165) is 0 Å². The van der Waals surface area contributed by atoms with Crippen molar-refractivity contribution in [2.75, 3.05) is 13.7 Å². The van der Waals surface area contributed by atoms with E-state index >= 15 is 0 Å². The molecule has 1 amide bonds. The van der Waals surface area contributed by atoms with E-state index in [1.165, 1.54) is 12.3 Å². The van der Waals surface area contributed by atoms with Crippen molar-refractivity contribution in [2.45, 2.75) is 6.92 Å². The second-order valence-electron chi connectivity index (χ2n) is 4.43. The summed E-state index contributed by atoms with van der Waals surface area (Å²) in [6.07, 6.45) is 1.48. The highest BCUT2D eigenvalue weighted by molar-refractivity contribution is 5.92. The molecular weight excluding hydrogens is 298 g/mol. The van der Waals surface area contributed by atoms with Crippen LogP contribution in [0, 0.1) is 0 Å². The van der Waals surface area contributed by atoms with Gasteiger partial charge >= 0.3 is 5.97 Å². The number of nitrogens with zero attached hydrogens (tertiary/aromatic N) is 1. The largest absolute Gasteiger partial charge is 0.462 e. The topological polar surface area (TPSA) is 89.6 Å². The fourth-order valence-electron chi connectivity index (χ4n) is 1.79. The van der Waals surface area contributed by atoms with Crippen LogP contribution in [0.5, 0.6) is 11.5 Å². The monoisotopic (exact) mass is 315 g/mol. The van der Waals surface area contributed by atoms with Crippen LogP contribution in [0.25, 0.3) is 0 Å². The summed E-state index contributed by atoms with van der Waals surface area (Å²) in [6.45, 7) is 2.08. The zero-order valence-electron chi connectivity index (χ0n) is 12.8. The quantitative estimate of drug-likeness (QED) is 0.625. The number of pyridine rings is 1. The summed E-state index contributed by atoms with van der Waals surface area (Å²) in [6, 6.07) is 9.69. The molecule has 2 N–H and O–H groups in total. The Bertz CT molecular complexity index is 686. The van der Waals surface area contributed by atoms with Gasteiger partial charge in [0.25, 0.3) is 5.91 Å². The molecule has 1 aromatic carbocycles. The number of hydrogen-bond acceptors (Lipinski definition) is 6. The third-order valence-electron chi connectivity index (χ3n) is 2.80. The van der Waals surface area contributed by atoms with Gasteiger partial charge in [-0.1, -0.05) is 0 Å². The van der Waals surface area contributed by atoms with Gasteiger partial charge in [0.1, 0.15) is 17.2 Å². The first kappa shape index (κ1) is 16.4. The van der Waals surface area contributed by atoms with Gasteiger partial charge in [0, 0.05) is 19.3 Å². The minimum Gasteiger partial charge on any atom is -0.462 e. The van der Waals surface area contributed by atoms with E-state index in [0.29, 0.717) is 23.7 Å². The van der Waals surface area contributed by atoms with Crippen molar-refractivity contribution >= 4 is 11.9 Å². The molecule has 7 heteroatoms. The molecule has 1 aromatic heterocycles. The van der Waals surface area contributed by atoms with Crippen LogP contribution < -0.4 is 15.6 Å². The molecule has 0 atom stereocenters. The van der Waals surface area contributed by atoms with Crippen LogP contribution in [0.2, 0.25) is 0 Å². The number of amides is 1. The number of esters is 1. The SMILES string of the molecule is CCOC(=O)c1ccc(Oc2ccnc(C(=O)NNC)c2)cc1. The van der Waals surface area contributed by atoms with E-state index in [4.69, 9.17) is 9.47 Å². The lowest BCUT2D eigenvalue weighted by atomic mass is 10.2. The highest BCUT2D eigenvalue weighted by atomic mass is 16.5. The van der Waals surface area contributed by atoms with Gasteiger partial charge in [-0.3, -0.25) is 15.2 Å². The fraction of sp³-hybridized carbons (Fsp3) is 0.188. The van der Waals surface area contributed by atoms with Gasteiger partial charge in [-0.2, -0.15) is 0 Å². The van der Waals surface area contributed by atoms with Gasteiger partial charge in [-0.25, -0.2) is 10.2 Å². The fourth-order valence-corrected chi connectivity index (χ4v) is 1.79. The van der Waals surface area contributed by atoms with Crippen molar-refractivity contribution < 1.29 is 19.1 Å². The summed E-state index contributed by atoms with van der Waals surface area (Å²) in [5.41, 5.74) is 5.63. The third-order valence-corrected chi connectivity index (χ3v) is 2.80. The minimum absolute atomic E-state index is 0.222. The van der Waals surface area contributed by atoms with Gasteiger partial charge in [0.05, 0.1) is 12.2 Å². The number of benzene rings is 1. The number of ether oxygens (including phenoxy) is 2. The first-order valence-electron chi connectivity index (χ1n) is 7.02. The maximum atomic E-state index is 11.7. The van der Waals surface area contributed by atoms with E-state index in [1.54, 1.807) is 44.3 Å². The molecule has 0 aliphatic rings. The summed E-state index contributed by atoms with van der Waals surface area (Å²) in [5, 5.41) is 0. The van der Waals surface area contributed by atoms with Crippen LogP contribution in [0.15, 0.2) is 42.6 Å². The lowest BCUT2D eigenvalue weighted by molar-refractivity contribution is 0.0526. The molecule has 0 unspecified atom stereocenters. The first-order chi connectivity index (χ1) is 11.1. The van der Waals surface area contributed by atoms with Gasteiger partial charge in [0.2, 0.25) is 0 Å². The molecule has 0 spiro atoms. The Morgan fingerprint density at radius 1 is 1.13 bits per heavy atom. The number of aromatic nitrogens is 1. The van der Waals surface area contributed by atoms with E-state index in [9.17, 15) is 9.59 Å². The van der Waals surface area contributed by atoms with Crippen molar-refractivity contribution in [3.05, 3.63) is 53.9 Å². The summed E-state index contributed by atoms with van der Waals surface area (Å²) in [5.74, 6) is 0.249. The van der Waals surface area contributed by atoms with Crippen molar-refractivity contribution in [1.29, 1.82) is 0 Å². The molecule has 0 aliphatic carbocycles. The minimum atomic E-state index is -0.381. The molecule has 7 nitrogen and oxygen atoms in total. The first-order valence-corrected chi connectivity index (χ1v) is 7.02. The maximum absolute atomic E-state index is 11.7. The Morgan fingerprint density at radius 3 is 2.52 bits per heavy atom. The van der Waals surface area contributed by atoms with Gasteiger partial charge in [-0.05, 0) is 37.3 Å². The number of hydrazine groups is 1.